The normalized spacial score (nSPS) is 11.3. The monoisotopic (exact) mass is 294 g/mol. The second-order valence-corrected chi connectivity index (χ2v) is 4.94. The fraction of sp³-hybridized carbons (Fsp3) is 0. The number of rotatable bonds is 2. The van der Waals surface area contributed by atoms with Crippen molar-refractivity contribution in [1.29, 1.82) is 0 Å². The Balaban J connectivity index is 1.97. The Labute approximate surface area is 124 Å². The average molecular weight is 294 g/mol. The Morgan fingerprint density at radius 1 is 0.773 bits per heavy atom. The van der Waals surface area contributed by atoms with E-state index in [1.54, 1.807) is 24.3 Å². The van der Waals surface area contributed by atoms with E-state index in [1.807, 2.05) is 0 Å². The van der Waals surface area contributed by atoms with Crippen molar-refractivity contribution < 1.29 is 23.8 Å². The molecule has 0 bridgehead atoms. The van der Waals surface area contributed by atoms with Gasteiger partial charge in [-0.15, -0.1) is 0 Å². The van der Waals surface area contributed by atoms with Crippen LogP contribution in [0.15, 0.2) is 57.8 Å². The molecule has 0 fully saturated rings. The highest BCUT2D eigenvalue weighted by molar-refractivity contribution is 6.20. The van der Waals surface area contributed by atoms with Gasteiger partial charge in [-0.2, -0.15) is 0 Å². The highest BCUT2D eigenvalue weighted by Gasteiger charge is 2.25. The van der Waals surface area contributed by atoms with Crippen LogP contribution in [0, 0.1) is 0 Å². The van der Waals surface area contributed by atoms with Crippen molar-refractivity contribution in [2.75, 3.05) is 0 Å². The molecular weight excluding hydrogens is 284 g/mol. The first-order valence-electron chi connectivity index (χ1n) is 6.60. The lowest BCUT2D eigenvalue weighted by Crippen LogP contribution is -1.99. The molecule has 0 atom stereocenters. The summed E-state index contributed by atoms with van der Waals surface area (Å²) in [6, 6.07) is 9.74. The molecule has 0 aliphatic rings. The van der Waals surface area contributed by atoms with Crippen LogP contribution in [0.4, 0.5) is 0 Å². The minimum Gasteiger partial charge on any atom is -0.507 e. The van der Waals surface area contributed by atoms with Crippen molar-refractivity contribution in [1.82, 2.24) is 0 Å². The number of phenolic OH excluding ortho intramolecular Hbond substituents is 2. The summed E-state index contributed by atoms with van der Waals surface area (Å²) in [6.45, 7) is 0. The summed E-state index contributed by atoms with van der Waals surface area (Å²) >= 11 is 0. The van der Waals surface area contributed by atoms with Crippen molar-refractivity contribution in [3.8, 4) is 11.5 Å². The van der Waals surface area contributed by atoms with Crippen molar-refractivity contribution in [2.45, 2.75) is 0 Å². The topological polar surface area (TPSA) is 83.8 Å². The molecule has 0 spiro atoms. The second kappa shape index (κ2) is 4.39. The van der Waals surface area contributed by atoms with Crippen LogP contribution in [-0.4, -0.2) is 16.0 Å². The number of aromatic hydroxyl groups is 2. The van der Waals surface area contributed by atoms with E-state index in [0.717, 1.165) is 0 Å². The van der Waals surface area contributed by atoms with Crippen LogP contribution in [0.3, 0.4) is 0 Å². The molecule has 2 aromatic heterocycles. The fourth-order valence-electron chi connectivity index (χ4n) is 2.61. The molecule has 0 saturated carbocycles. The Hall–Kier alpha value is -3.21. The van der Waals surface area contributed by atoms with Gasteiger partial charge in [-0.25, -0.2) is 0 Å². The van der Waals surface area contributed by atoms with Gasteiger partial charge in [-0.1, -0.05) is 24.3 Å². The van der Waals surface area contributed by atoms with Gasteiger partial charge in [0.05, 0.1) is 23.3 Å². The molecule has 0 radical (unpaired) electrons. The van der Waals surface area contributed by atoms with Gasteiger partial charge in [-0.05, 0) is 12.1 Å². The van der Waals surface area contributed by atoms with Crippen molar-refractivity contribution in [3.05, 3.63) is 60.4 Å². The van der Waals surface area contributed by atoms with Crippen LogP contribution in [-0.2, 0) is 0 Å². The summed E-state index contributed by atoms with van der Waals surface area (Å²) in [4.78, 5) is 12.7. The first-order valence-corrected chi connectivity index (χ1v) is 6.60. The quantitative estimate of drug-likeness (QED) is 0.549. The van der Waals surface area contributed by atoms with Gasteiger partial charge in [0.15, 0.2) is 11.5 Å². The molecule has 4 aromatic rings. The minimum atomic E-state index is -0.534. The maximum atomic E-state index is 12.7. The van der Waals surface area contributed by atoms with Crippen LogP contribution in [0.1, 0.15) is 16.3 Å². The highest BCUT2D eigenvalue weighted by atomic mass is 16.4. The number of ketones is 1. The first-order chi connectivity index (χ1) is 10.7. The molecule has 108 valence electrons. The third kappa shape index (κ3) is 1.62. The molecule has 2 aromatic carbocycles. The highest BCUT2D eigenvalue weighted by Crippen LogP contribution is 2.35. The van der Waals surface area contributed by atoms with Crippen LogP contribution >= 0.6 is 0 Å². The smallest absolute Gasteiger partial charge is 0.264 e. The summed E-state index contributed by atoms with van der Waals surface area (Å²) in [7, 11) is 0. The number of benzene rings is 2. The lowest BCUT2D eigenvalue weighted by Gasteiger charge is -1.99. The van der Waals surface area contributed by atoms with Crippen molar-refractivity contribution in [2.24, 2.45) is 0 Å². The minimum absolute atomic E-state index is 0.0207. The van der Waals surface area contributed by atoms with Crippen molar-refractivity contribution in [3.63, 3.8) is 0 Å². The zero-order valence-corrected chi connectivity index (χ0v) is 11.2. The predicted molar refractivity (Wildman–Crippen MR) is 79.2 cm³/mol. The summed E-state index contributed by atoms with van der Waals surface area (Å²) in [5.41, 5.74) is 0. The molecule has 0 amide bonds. The van der Waals surface area contributed by atoms with E-state index >= 15 is 0 Å². The van der Waals surface area contributed by atoms with E-state index < -0.39 is 5.78 Å². The van der Waals surface area contributed by atoms with Gasteiger partial charge < -0.3 is 19.0 Å². The molecule has 2 heterocycles. The predicted octanol–water partition coefficient (Wildman–Crippen LogP) is 3.82. The second-order valence-electron chi connectivity index (χ2n) is 4.94. The molecule has 0 aliphatic carbocycles. The Kier molecular flexibility index (Phi) is 2.50. The zero-order valence-electron chi connectivity index (χ0n) is 11.2. The molecule has 5 heteroatoms. The molecule has 4 rings (SSSR count). The first kappa shape index (κ1) is 12.5. The van der Waals surface area contributed by atoms with Gasteiger partial charge in [0.1, 0.15) is 11.5 Å². The lowest BCUT2D eigenvalue weighted by atomic mass is 10.1. The van der Waals surface area contributed by atoms with E-state index in [1.165, 1.54) is 24.7 Å². The molecule has 0 unspecified atom stereocenters. The Morgan fingerprint density at radius 2 is 1.23 bits per heavy atom. The Morgan fingerprint density at radius 3 is 1.68 bits per heavy atom. The average Bonchev–Trinajstić information content (AvgIpc) is 3.12. The van der Waals surface area contributed by atoms with Gasteiger partial charge >= 0.3 is 0 Å². The summed E-state index contributed by atoms with van der Waals surface area (Å²) < 4.78 is 10.6. The zero-order chi connectivity index (χ0) is 15.3. The number of carbonyl (C=O) groups excluding carboxylic acids is 1. The van der Waals surface area contributed by atoms with Crippen LogP contribution in [0.5, 0.6) is 11.5 Å². The molecule has 2 N–H and O–H groups in total. The molecule has 0 aliphatic heterocycles. The van der Waals surface area contributed by atoms with Crippen molar-refractivity contribution >= 4 is 27.3 Å². The van der Waals surface area contributed by atoms with Crippen LogP contribution in [0.2, 0.25) is 0 Å². The van der Waals surface area contributed by atoms with Gasteiger partial charge in [0.2, 0.25) is 0 Å². The van der Waals surface area contributed by atoms with Gasteiger partial charge in [-0.3, -0.25) is 4.79 Å². The van der Waals surface area contributed by atoms with Crippen LogP contribution < -0.4 is 0 Å². The number of carbonyl (C=O) groups is 1. The maximum absolute atomic E-state index is 12.7. The number of hydrogen-bond donors (Lipinski definition) is 2. The fourth-order valence-corrected chi connectivity index (χ4v) is 2.61. The standard InChI is InChI=1S/C17H10O5/c18-11-5-1-3-9-7-21-16(13(9)11)15(20)17-14-10(8-22-17)4-2-6-12(14)19/h1-8,18-19H. The maximum Gasteiger partial charge on any atom is 0.264 e. The molecule has 0 saturated heterocycles. The number of furan rings is 2. The molecule has 5 nitrogen and oxygen atoms in total. The number of fused-ring (bicyclic) bond motifs is 2. The van der Waals surface area contributed by atoms with E-state index in [-0.39, 0.29) is 23.0 Å². The van der Waals surface area contributed by atoms with E-state index in [2.05, 4.69) is 0 Å². The number of phenols is 2. The summed E-state index contributed by atoms with van der Waals surface area (Å²) in [5, 5.41) is 21.8. The third-order valence-electron chi connectivity index (χ3n) is 3.62. The summed E-state index contributed by atoms with van der Waals surface area (Å²) in [5.74, 6) is -0.669. The van der Waals surface area contributed by atoms with Gasteiger partial charge in [0.25, 0.3) is 5.78 Å². The molecular formula is C17H10O5. The summed E-state index contributed by atoms with van der Waals surface area (Å²) in [6.07, 6.45) is 2.79. The Bertz CT molecular complexity index is 940. The molecule has 22 heavy (non-hydrogen) atoms. The van der Waals surface area contributed by atoms with E-state index in [9.17, 15) is 15.0 Å². The van der Waals surface area contributed by atoms with E-state index in [4.69, 9.17) is 8.83 Å². The lowest BCUT2D eigenvalue weighted by molar-refractivity contribution is 0.0987. The van der Waals surface area contributed by atoms with Gasteiger partial charge in [0, 0.05) is 10.8 Å². The third-order valence-corrected chi connectivity index (χ3v) is 3.62. The SMILES string of the molecule is O=C(c1occ2cccc(O)c12)c1occ2cccc(O)c12. The van der Waals surface area contributed by atoms with Crippen LogP contribution in [0.25, 0.3) is 21.5 Å². The largest absolute Gasteiger partial charge is 0.507 e. The van der Waals surface area contributed by atoms with E-state index in [0.29, 0.717) is 21.5 Å². The number of hydrogen-bond acceptors (Lipinski definition) is 5.